The summed E-state index contributed by atoms with van der Waals surface area (Å²) in [5, 5.41) is 5.56. The van der Waals surface area contributed by atoms with Gasteiger partial charge in [-0.3, -0.25) is 0 Å². The molecule has 9 heteroatoms. The van der Waals surface area contributed by atoms with Crippen LogP contribution in [0.15, 0.2) is 66.9 Å². The molecule has 1 atom stereocenters. The van der Waals surface area contributed by atoms with E-state index in [2.05, 4.69) is 23.8 Å². The molecular weight excluding hydrogens is 484 g/mol. The first-order valence-electron chi connectivity index (χ1n) is 13.0. The molecule has 0 bridgehead atoms. The summed E-state index contributed by atoms with van der Waals surface area (Å²) < 4.78 is 29.9. The summed E-state index contributed by atoms with van der Waals surface area (Å²) in [5.41, 5.74) is 2.54. The average Bonchev–Trinajstić information content (AvgIpc) is 3.17. The summed E-state index contributed by atoms with van der Waals surface area (Å²) in [6.45, 7) is 6.55. The van der Waals surface area contributed by atoms with Crippen LogP contribution in [0.1, 0.15) is 50.4 Å². The maximum atomic E-state index is 13.2. The highest BCUT2D eigenvalue weighted by molar-refractivity contribution is 7.88. The van der Waals surface area contributed by atoms with Crippen LogP contribution in [0.2, 0.25) is 0 Å². The Kier molecular flexibility index (Phi) is 7.53. The fourth-order valence-corrected chi connectivity index (χ4v) is 6.51. The maximum Gasteiger partial charge on any atom is 0.218 e. The predicted octanol–water partition coefficient (Wildman–Crippen LogP) is 4.76. The first kappa shape index (κ1) is 25.4. The van der Waals surface area contributed by atoms with Gasteiger partial charge in [-0.1, -0.05) is 68.8 Å². The molecule has 4 aromatic rings. The maximum absolute atomic E-state index is 13.2. The van der Waals surface area contributed by atoms with Crippen LogP contribution >= 0.6 is 0 Å². The zero-order chi connectivity index (χ0) is 25.8. The molecule has 1 saturated heterocycles. The van der Waals surface area contributed by atoms with E-state index in [0.717, 1.165) is 59.7 Å². The van der Waals surface area contributed by atoms with Crippen LogP contribution in [0.5, 0.6) is 0 Å². The lowest BCUT2D eigenvalue weighted by Gasteiger charge is -2.24. The first-order chi connectivity index (χ1) is 18.0. The van der Waals surface area contributed by atoms with Gasteiger partial charge in [-0.05, 0) is 30.5 Å². The van der Waals surface area contributed by atoms with Gasteiger partial charge >= 0.3 is 0 Å². The third kappa shape index (κ3) is 5.52. The molecule has 1 aliphatic rings. The lowest BCUT2D eigenvalue weighted by molar-refractivity contribution is 0.432. The number of hydrogen-bond donors (Lipinski definition) is 0. The molecule has 0 aliphatic carbocycles. The molecule has 1 unspecified atom stereocenters. The van der Waals surface area contributed by atoms with Gasteiger partial charge in [0.25, 0.3) is 0 Å². The van der Waals surface area contributed by atoms with Gasteiger partial charge in [0.1, 0.15) is 11.6 Å². The second-order valence-electron chi connectivity index (χ2n) is 9.71. The Morgan fingerprint density at radius 2 is 1.65 bits per heavy atom. The molecule has 194 valence electrons. The zero-order valence-corrected chi connectivity index (χ0v) is 22.3. The summed E-state index contributed by atoms with van der Waals surface area (Å²) in [6.07, 6.45) is 4.61. The van der Waals surface area contributed by atoms with Crippen molar-refractivity contribution in [1.29, 1.82) is 0 Å². The molecule has 0 N–H and O–H groups in total. The minimum absolute atomic E-state index is 0.0219. The molecule has 3 heterocycles. The van der Waals surface area contributed by atoms with Gasteiger partial charge in [-0.2, -0.15) is 9.40 Å². The van der Waals surface area contributed by atoms with Gasteiger partial charge in [-0.25, -0.2) is 23.1 Å². The van der Waals surface area contributed by atoms with E-state index in [0.29, 0.717) is 19.6 Å². The van der Waals surface area contributed by atoms with Crippen LogP contribution < -0.4 is 4.90 Å². The van der Waals surface area contributed by atoms with Crippen molar-refractivity contribution in [2.75, 3.05) is 31.1 Å². The van der Waals surface area contributed by atoms with Crippen LogP contribution in [0.4, 0.5) is 5.82 Å². The normalized spacial score (nSPS) is 16.1. The van der Waals surface area contributed by atoms with Crippen LogP contribution in [0.3, 0.4) is 0 Å². The van der Waals surface area contributed by atoms with E-state index in [1.165, 1.54) is 0 Å². The van der Waals surface area contributed by atoms with Crippen LogP contribution in [0.25, 0.3) is 16.7 Å². The molecule has 0 radical (unpaired) electrons. The van der Waals surface area contributed by atoms with Crippen molar-refractivity contribution < 1.29 is 8.42 Å². The Balaban J connectivity index is 1.46. The summed E-state index contributed by atoms with van der Waals surface area (Å²) in [4.78, 5) is 12.2. The molecular formula is C28H34N6O2S. The van der Waals surface area contributed by atoms with Crippen molar-refractivity contribution in [3.8, 4) is 5.69 Å². The van der Waals surface area contributed by atoms with E-state index in [9.17, 15) is 8.42 Å². The quantitative estimate of drug-likeness (QED) is 0.334. The molecule has 0 amide bonds. The Hall–Kier alpha value is -3.30. The van der Waals surface area contributed by atoms with Crippen LogP contribution in [-0.4, -0.2) is 58.7 Å². The van der Waals surface area contributed by atoms with Crippen LogP contribution in [-0.2, 0) is 15.8 Å². The van der Waals surface area contributed by atoms with Gasteiger partial charge in [0.05, 0.1) is 23.0 Å². The fourth-order valence-electron chi connectivity index (χ4n) is 4.95. The molecule has 8 nitrogen and oxygen atoms in total. The Labute approximate surface area is 219 Å². The van der Waals surface area contributed by atoms with Crippen molar-refractivity contribution >= 4 is 26.9 Å². The van der Waals surface area contributed by atoms with Gasteiger partial charge in [0, 0.05) is 32.1 Å². The number of sulfonamides is 1. The molecule has 0 saturated carbocycles. The number of fused-ring (bicyclic) bond motifs is 1. The number of nitrogens with zero attached hydrogens (tertiary/aromatic N) is 6. The highest BCUT2D eigenvalue weighted by Crippen LogP contribution is 2.30. The smallest absolute Gasteiger partial charge is 0.218 e. The lowest BCUT2D eigenvalue weighted by atomic mass is 10.1. The van der Waals surface area contributed by atoms with Crippen molar-refractivity contribution in [2.45, 2.75) is 44.8 Å². The largest absolute Gasteiger partial charge is 0.355 e. The average molecular weight is 519 g/mol. The molecule has 2 aromatic heterocycles. The number of para-hydroxylation sites is 1. The van der Waals surface area contributed by atoms with Gasteiger partial charge in [-0.15, -0.1) is 0 Å². The minimum atomic E-state index is -3.41. The van der Waals surface area contributed by atoms with Crippen molar-refractivity contribution in [3.05, 3.63) is 78.2 Å². The summed E-state index contributed by atoms with van der Waals surface area (Å²) >= 11 is 0. The number of hydrogen-bond acceptors (Lipinski definition) is 6. The topological polar surface area (TPSA) is 84.2 Å². The van der Waals surface area contributed by atoms with Crippen LogP contribution in [0, 0.1) is 0 Å². The first-order valence-corrected chi connectivity index (χ1v) is 14.6. The summed E-state index contributed by atoms with van der Waals surface area (Å²) in [5.74, 6) is 1.88. The standard InChI is InChI=1S/C28H34N6O2S/c1-3-11-22(2)26-30-27(25-20-29-34(28(25)31-26)24-14-8-5-9-15-24)32-16-10-17-33(19-18-32)37(35,36)21-23-12-6-4-7-13-23/h4-9,12-15,20,22H,3,10-11,16-19,21H2,1-2H3. The Bertz CT molecular complexity index is 1440. The third-order valence-corrected chi connectivity index (χ3v) is 8.78. The van der Waals surface area contributed by atoms with Gasteiger partial charge in [0.2, 0.25) is 10.0 Å². The predicted molar refractivity (Wildman–Crippen MR) is 147 cm³/mol. The van der Waals surface area contributed by atoms with E-state index in [1.807, 2.05) is 71.5 Å². The van der Waals surface area contributed by atoms with Crippen molar-refractivity contribution in [1.82, 2.24) is 24.1 Å². The summed E-state index contributed by atoms with van der Waals surface area (Å²) in [7, 11) is -3.41. The third-order valence-electron chi connectivity index (χ3n) is 6.93. The number of benzene rings is 2. The Morgan fingerprint density at radius 3 is 2.38 bits per heavy atom. The van der Waals surface area contributed by atoms with E-state index in [-0.39, 0.29) is 11.7 Å². The molecule has 1 fully saturated rings. The Morgan fingerprint density at radius 1 is 0.919 bits per heavy atom. The number of anilines is 1. The number of rotatable bonds is 8. The summed E-state index contributed by atoms with van der Waals surface area (Å²) in [6, 6.07) is 19.4. The second kappa shape index (κ2) is 11.0. The van der Waals surface area contributed by atoms with E-state index >= 15 is 0 Å². The monoisotopic (exact) mass is 518 g/mol. The minimum Gasteiger partial charge on any atom is -0.355 e. The second-order valence-corrected chi connectivity index (χ2v) is 11.7. The van der Waals surface area contributed by atoms with E-state index in [4.69, 9.17) is 9.97 Å². The highest BCUT2D eigenvalue weighted by Gasteiger charge is 2.28. The van der Waals surface area contributed by atoms with Crippen molar-refractivity contribution in [3.63, 3.8) is 0 Å². The lowest BCUT2D eigenvalue weighted by Crippen LogP contribution is -2.36. The fraction of sp³-hybridized carbons (Fsp3) is 0.393. The molecule has 37 heavy (non-hydrogen) atoms. The van der Waals surface area contributed by atoms with E-state index < -0.39 is 10.0 Å². The zero-order valence-electron chi connectivity index (χ0n) is 21.5. The van der Waals surface area contributed by atoms with E-state index in [1.54, 1.807) is 4.31 Å². The van der Waals surface area contributed by atoms with Gasteiger partial charge in [0.15, 0.2) is 5.65 Å². The molecule has 0 spiro atoms. The van der Waals surface area contributed by atoms with Gasteiger partial charge < -0.3 is 4.90 Å². The SMILES string of the molecule is CCCC(C)c1nc(N2CCCN(S(=O)(=O)Cc3ccccc3)CC2)c2cnn(-c3ccccc3)c2n1. The highest BCUT2D eigenvalue weighted by atomic mass is 32.2. The molecule has 5 rings (SSSR count). The molecule has 1 aliphatic heterocycles. The number of aromatic nitrogens is 4. The van der Waals surface area contributed by atoms with Crippen molar-refractivity contribution in [2.24, 2.45) is 0 Å². The molecule has 2 aromatic carbocycles.